The number of ether oxygens (including phenoxy) is 2. The Morgan fingerprint density at radius 3 is 2.31 bits per heavy atom. The second-order valence-electron chi connectivity index (χ2n) is 5.42. The molecule has 0 bridgehead atoms. The summed E-state index contributed by atoms with van der Waals surface area (Å²) in [6.07, 6.45) is 3.20. The normalized spacial score (nSPS) is 10.6. The van der Waals surface area contributed by atoms with Crippen molar-refractivity contribution in [3.63, 3.8) is 0 Å². The molecule has 0 radical (unpaired) electrons. The van der Waals surface area contributed by atoms with Gasteiger partial charge in [0.25, 0.3) is 5.91 Å². The van der Waals surface area contributed by atoms with Gasteiger partial charge >= 0.3 is 0 Å². The molecule has 0 fully saturated rings. The molecule has 2 aromatic carbocycles. The van der Waals surface area contributed by atoms with Crippen LogP contribution in [0.3, 0.4) is 0 Å². The Morgan fingerprint density at radius 2 is 1.69 bits per heavy atom. The van der Waals surface area contributed by atoms with Crippen LogP contribution in [-0.2, 0) is 0 Å². The molecule has 0 aliphatic heterocycles. The molecule has 136 valence electrons. The molecule has 5 heteroatoms. The fourth-order valence-electron chi connectivity index (χ4n) is 2.39. The van der Waals surface area contributed by atoms with E-state index in [2.05, 4.69) is 5.32 Å². The minimum absolute atomic E-state index is 0.147. The van der Waals surface area contributed by atoms with Gasteiger partial charge in [-0.1, -0.05) is 18.2 Å². The number of nitrogens with one attached hydrogen (secondary N) is 1. The number of hydrogen-bond acceptors (Lipinski definition) is 4. The first-order chi connectivity index (χ1) is 12.6. The van der Waals surface area contributed by atoms with Gasteiger partial charge in [-0.2, -0.15) is 0 Å². The van der Waals surface area contributed by atoms with E-state index in [0.717, 1.165) is 5.56 Å². The van der Waals surface area contributed by atoms with Crippen molar-refractivity contribution in [3.8, 4) is 11.5 Å². The highest BCUT2D eigenvalue weighted by Gasteiger charge is 2.12. The highest BCUT2D eigenvalue weighted by atomic mass is 16.5. The molecule has 0 heterocycles. The number of carbonyl (C=O) groups is 2. The molecule has 0 aromatic heterocycles. The van der Waals surface area contributed by atoms with Gasteiger partial charge in [0.05, 0.1) is 18.8 Å². The van der Waals surface area contributed by atoms with Crippen molar-refractivity contribution in [2.75, 3.05) is 20.3 Å². The largest absolute Gasteiger partial charge is 0.494 e. The van der Waals surface area contributed by atoms with E-state index < -0.39 is 0 Å². The first-order valence-electron chi connectivity index (χ1n) is 8.53. The highest BCUT2D eigenvalue weighted by molar-refractivity contribution is 6.09. The van der Waals surface area contributed by atoms with E-state index in [0.29, 0.717) is 35.8 Å². The lowest BCUT2D eigenvalue weighted by molar-refractivity contribution is 0.0962. The molecule has 1 N–H and O–H groups in total. The van der Waals surface area contributed by atoms with Crippen molar-refractivity contribution in [1.29, 1.82) is 0 Å². The van der Waals surface area contributed by atoms with Gasteiger partial charge in [-0.15, -0.1) is 0 Å². The first kappa shape index (κ1) is 19.2. The van der Waals surface area contributed by atoms with E-state index >= 15 is 0 Å². The van der Waals surface area contributed by atoms with Gasteiger partial charge in [-0.25, -0.2) is 0 Å². The standard InChI is InChI=1S/C21H23NO4/c1-4-25-17-11-13-20(26-5-2)18(14-17)19(23)12-8-15-6-9-16(10-7-15)21(24)22-3/h6-14H,4-5H2,1-3H3,(H,22,24)/b12-8+. The number of amides is 1. The fourth-order valence-corrected chi connectivity index (χ4v) is 2.39. The van der Waals surface area contributed by atoms with Crippen LogP contribution in [0.15, 0.2) is 48.5 Å². The Bertz CT molecular complexity index is 794. The third kappa shape index (κ3) is 4.96. The van der Waals surface area contributed by atoms with Gasteiger partial charge in [0, 0.05) is 12.6 Å². The molecule has 0 atom stereocenters. The fraction of sp³-hybridized carbons (Fsp3) is 0.238. The van der Waals surface area contributed by atoms with Crippen molar-refractivity contribution in [1.82, 2.24) is 5.32 Å². The lowest BCUT2D eigenvalue weighted by Crippen LogP contribution is -2.17. The van der Waals surface area contributed by atoms with E-state index in [4.69, 9.17) is 9.47 Å². The number of rotatable bonds is 8. The van der Waals surface area contributed by atoms with Crippen LogP contribution >= 0.6 is 0 Å². The van der Waals surface area contributed by atoms with Crippen molar-refractivity contribution in [3.05, 3.63) is 65.2 Å². The minimum Gasteiger partial charge on any atom is -0.494 e. The predicted octanol–water partition coefficient (Wildman–Crippen LogP) is 3.74. The molecule has 2 rings (SSSR count). The van der Waals surface area contributed by atoms with Crippen LogP contribution in [0, 0.1) is 0 Å². The zero-order valence-corrected chi connectivity index (χ0v) is 15.2. The minimum atomic E-state index is -0.176. The molecule has 0 unspecified atom stereocenters. The molecule has 1 amide bonds. The van der Waals surface area contributed by atoms with E-state index in [1.54, 1.807) is 55.6 Å². The zero-order valence-electron chi connectivity index (χ0n) is 15.2. The first-order valence-corrected chi connectivity index (χ1v) is 8.53. The highest BCUT2D eigenvalue weighted by Crippen LogP contribution is 2.25. The van der Waals surface area contributed by atoms with Crippen LogP contribution in [0.4, 0.5) is 0 Å². The van der Waals surface area contributed by atoms with E-state index in [1.165, 1.54) is 6.08 Å². The Kier molecular flexibility index (Phi) is 6.97. The Balaban J connectivity index is 2.21. The average Bonchev–Trinajstić information content (AvgIpc) is 2.67. The molecular weight excluding hydrogens is 330 g/mol. The zero-order chi connectivity index (χ0) is 18.9. The van der Waals surface area contributed by atoms with E-state index in [9.17, 15) is 9.59 Å². The topological polar surface area (TPSA) is 64.6 Å². The van der Waals surface area contributed by atoms with Crippen molar-refractivity contribution in [2.24, 2.45) is 0 Å². The van der Waals surface area contributed by atoms with Crippen molar-refractivity contribution >= 4 is 17.8 Å². The van der Waals surface area contributed by atoms with Gasteiger partial charge in [0.2, 0.25) is 0 Å². The maximum Gasteiger partial charge on any atom is 0.251 e. The second kappa shape index (κ2) is 9.42. The van der Waals surface area contributed by atoms with Crippen molar-refractivity contribution in [2.45, 2.75) is 13.8 Å². The van der Waals surface area contributed by atoms with Crippen LogP contribution in [0.5, 0.6) is 11.5 Å². The van der Waals surface area contributed by atoms with E-state index in [-0.39, 0.29) is 11.7 Å². The van der Waals surface area contributed by atoms with Crippen LogP contribution < -0.4 is 14.8 Å². The van der Waals surface area contributed by atoms with Crippen LogP contribution in [0.1, 0.15) is 40.1 Å². The summed E-state index contributed by atoms with van der Waals surface area (Å²) in [6, 6.07) is 12.2. The number of allylic oxidation sites excluding steroid dienone is 1. The maximum absolute atomic E-state index is 12.6. The van der Waals surface area contributed by atoms with Gasteiger partial charge in [0.15, 0.2) is 5.78 Å². The number of hydrogen-bond donors (Lipinski definition) is 1. The molecule has 0 saturated carbocycles. The summed E-state index contributed by atoms with van der Waals surface area (Å²) in [4.78, 5) is 24.2. The molecule has 0 saturated heterocycles. The Morgan fingerprint density at radius 1 is 1.00 bits per heavy atom. The third-order valence-electron chi connectivity index (χ3n) is 3.65. The maximum atomic E-state index is 12.6. The predicted molar refractivity (Wildman–Crippen MR) is 102 cm³/mol. The molecule has 0 aliphatic rings. The quantitative estimate of drug-likeness (QED) is 0.580. The summed E-state index contributed by atoms with van der Waals surface area (Å²) in [5.74, 6) is 0.833. The Labute approximate surface area is 153 Å². The van der Waals surface area contributed by atoms with Crippen molar-refractivity contribution < 1.29 is 19.1 Å². The lowest BCUT2D eigenvalue weighted by Gasteiger charge is -2.10. The summed E-state index contributed by atoms with van der Waals surface area (Å²) in [5.41, 5.74) is 1.85. The third-order valence-corrected chi connectivity index (χ3v) is 3.65. The Hall–Kier alpha value is -3.08. The summed E-state index contributed by atoms with van der Waals surface area (Å²) >= 11 is 0. The molecule has 26 heavy (non-hydrogen) atoms. The smallest absolute Gasteiger partial charge is 0.251 e. The van der Waals surface area contributed by atoms with E-state index in [1.807, 2.05) is 13.8 Å². The molecular formula is C21H23NO4. The number of carbonyl (C=O) groups excluding carboxylic acids is 2. The van der Waals surface area contributed by atoms with Crippen LogP contribution in [0.25, 0.3) is 6.08 Å². The van der Waals surface area contributed by atoms with Gasteiger partial charge in [-0.3, -0.25) is 9.59 Å². The molecule has 2 aromatic rings. The van der Waals surface area contributed by atoms with Gasteiger partial charge in [0.1, 0.15) is 11.5 Å². The van der Waals surface area contributed by atoms with Gasteiger partial charge in [-0.05, 0) is 55.8 Å². The summed E-state index contributed by atoms with van der Waals surface area (Å²) in [5, 5.41) is 2.57. The molecule has 0 spiro atoms. The monoisotopic (exact) mass is 353 g/mol. The number of benzene rings is 2. The lowest BCUT2D eigenvalue weighted by atomic mass is 10.1. The van der Waals surface area contributed by atoms with Crippen LogP contribution in [0.2, 0.25) is 0 Å². The SMILES string of the molecule is CCOc1ccc(OCC)c(C(=O)/C=C/c2ccc(C(=O)NC)cc2)c1. The summed E-state index contributed by atoms with van der Waals surface area (Å²) in [6.45, 7) is 4.75. The molecule has 0 aliphatic carbocycles. The van der Waals surface area contributed by atoms with Crippen LogP contribution in [-0.4, -0.2) is 32.0 Å². The second-order valence-corrected chi connectivity index (χ2v) is 5.42. The number of ketones is 1. The molecule has 5 nitrogen and oxygen atoms in total. The van der Waals surface area contributed by atoms with Gasteiger partial charge < -0.3 is 14.8 Å². The average molecular weight is 353 g/mol. The summed E-state index contributed by atoms with van der Waals surface area (Å²) < 4.78 is 11.0. The summed E-state index contributed by atoms with van der Waals surface area (Å²) in [7, 11) is 1.58.